The van der Waals surface area contributed by atoms with E-state index in [2.05, 4.69) is 78.4 Å². The highest BCUT2D eigenvalue weighted by molar-refractivity contribution is 6.02. The lowest BCUT2D eigenvalue weighted by molar-refractivity contribution is -0.147. The third-order valence-electron chi connectivity index (χ3n) is 24.4. The van der Waals surface area contributed by atoms with E-state index >= 15 is 28.8 Å². The maximum Gasteiger partial charge on any atom is 0.326 e. The molecule has 3 saturated heterocycles. The first-order valence-electron chi connectivity index (χ1n) is 44.4. The van der Waals surface area contributed by atoms with Gasteiger partial charge in [-0.3, -0.25) is 68.4 Å². The Bertz CT molecular complexity index is 5840. The number of guanidine groups is 2. The Morgan fingerprint density at radius 2 is 0.720 bits per heavy atom. The summed E-state index contributed by atoms with van der Waals surface area (Å²) in [7, 11) is 0. The van der Waals surface area contributed by atoms with E-state index in [4.69, 9.17) is 28.0 Å². The van der Waals surface area contributed by atoms with Crippen molar-refractivity contribution in [2.45, 2.75) is 175 Å². The van der Waals surface area contributed by atoms with Gasteiger partial charge in [-0.15, -0.1) is 0 Å². The summed E-state index contributed by atoms with van der Waals surface area (Å²) >= 11 is 0. The summed E-state index contributed by atoms with van der Waals surface area (Å²) in [5.41, 5.74) is 23.7. The van der Waals surface area contributed by atoms with Crippen LogP contribution in [0.1, 0.15) is 97.6 Å². The van der Waals surface area contributed by atoms with Gasteiger partial charge in [0, 0.05) is 140 Å². The van der Waals surface area contributed by atoms with E-state index in [1.807, 2.05) is 78.9 Å². The van der Waals surface area contributed by atoms with Gasteiger partial charge in [-0.05, 0) is 122 Å². The number of aromatic amines is 4. The summed E-state index contributed by atoms with van der Waals surface area (Å²) in [6.45, 7) is -0.838. The van der Waals surface area contributed by atoms with Crippen molar-refractivity contribution in [1.29, 1.82) is 10.8 Å². The number of para-hydroxylation sites is 4. The minimum Gasteiger partial charge on any atom is -0.480 e. The van der Waals surface area contributed by atoms with Crippen LogP contribution in [0.25, 0.3) is 43.6 Å². The second-order valence-corrected chi connectivity index (χ2v) is 33.6. The standard InChI is InChI=1S/C94H113N23O15/c95-64(28-15-37-100-93(96)97)89(128)117-41-19-36-79(117)91(130)116-40-17-34-77(116)87(126)106-52-80(119)107-70(42-54-20-3-1-4-21-54)82(121)114-76(53-118)90(129)115-39-18-35-78(115)88(127)112-71(43-55-22-5-2-6-23-55)83(122)108-69(33-16-38-101-94(98)99)81(120)109-72(44-56-48-102-65-29-11-7-24-60(56)65)84(123)110-73(45-57-49-103-66-30-12-8-25-61(57)66)85(124)111-74(46-58-50-104-67-31-13-9-26-62(58)67)86(125)113-75(92(131)132)47-59-51-105-68-32-14-10-27-63(59)68/h1-14,20-27,29-32,48-51,64,69-79,102-105,118H,15-19,28,33-47,52-53,95H2,(H,106,126)(H,107,119)(H,108,122)(H,109,120)(H,110,123)(H,111,124)(H,112,127)(H,113,125)(H,114,121)(H,131,132)(H4,96,97,100)(H4,98,99,101)/t64-,69-,70-,71-,72-,73-,74-,75-,76-,77-,78-,79-/m0/s1. The molecule has 0 saturated carbocycles. The van der Waals surface area contributed by atoms with E-state index in [1.54, 1.807) is 104 Å². The predicted molar refractivity (Wildman–Crippen MR) is 492 cm³/mol. The number of hydrogen-bond acceptors (Lipinski definition) is 17. The molecule has 38 nitrogen and oxygen atoms in total. The molecule has 3 fully saturated rings. The molecule has 10 aromatic rings. The Hall–Kier alpha value is -15.0. The molecule has 12 amide bonds. The molecule has 6 aromatic carbocycles. The highest BCUT2D eigenvalue weighted by Gasteiger charge is 2.45. The lowest BCUT2D eigenvalue weighted by Gasteiger charge is -2.32. The number of aromatic nitrogens is 4. The normalized spacial score (nSPS) is 16.9. The fraction of sp³-hybridized carbons (Fsp3) is 0.372. The summed E-state index contributed by atoms with van der Waals surface area (Å²) in [6, 6.07) is 29.9. The molecule has 12 atom stereocenters. The average molecular weight is 1810 g/mol. The largest absolute Gasteiger partial charge is 0.480 e. The first-order valence-corrected chi connectivity index (χ1v) is 44.4. The first kappa shape index (κ1) is 94.7. The first-order chi connectivity index (χ1) is 63.7. The van der Waals surface area contributed by atoms with Crippen LogP contribution in [0.4, 0.5) is 0 Å². The fourth-order valence-corrected chi connectivity index (χ4v) is 17.6. The zero-order valence-electron chi connectivity index (χ0n) is 72.8. The third-order valence-corrected chi connectivity index (χ3v) is 24.4. The van der Waals surface area contributed by atoms with Gasteiger partial charge in [0.1, 0.15) is 66.5 Å². The van der Waals surface area contributed by atoms with Crippen LogP contribution in [0, 0.1) is 10.8 Å². The molecule has 38 heteroatoms. The zero-order valence-corrected chi connectivity index (χ0v) is 72.8. The molecule has 694 valence electrons. The van der Waals surface area contributed by atoms with E-state index < -0.39 is 168 Å². The summed E-state index contributed by atoms with van der Waals surface area (Å²) in [5, 5.41) is 70.1. The van der Waals surface area contributed by atoms with Crippen molar-refractivity contribution in [3.63, 3.8) is 0 Å². The lowest BCUT2D eigenvalue weighted by Crippen LogP contribution is -2.61. The van der Waals surface area contributed by atoms with Crippen LogP contribution >= 0.6 is 0 Å². The number of fused-ring (bicyclic) bond motifs is 4. The van der Waals surface area contributed by atoms with Gasteiger partial charge in [0.2, 0.25) is 70.9 Å². The highest BCUT2D eigenvalue weighted by atomic mass is 16.4. The van der Waals surface area contributed by atoms with Gasteiger partial charge in [0.25, 0.3) is 0 Å². The number of H-pyrrole nitrogens is 4. The summed E-state index contributed by atoms with van der Waals surface area (Å²) in [6.07, 6.45) is 8.15. The highest BCUT2D eigenvalue weighted by Crippen LogP contribution is 2.29. The molecule has 0 radical (unpaired) electrons. The Labute approximate surface area is 759 Å². The van der Waals surface area contributed by atoms with Crippen LogP contribution in [0.3, 0.4) is 0 Å². The number of carbonyl (C=O) groups is 13. The monoisotopic (exact) mass is 1800 g/mol. The molecule has 3 aliphatic rings. The minimum absolute atomic E-state index is 0.0214. The van der Waals surface area contributed by atoms with Crippen molar-refractivity contribution >= 4 is 132 Å². The summed E-state index contributed by atoms with van der Waals surface area (Å²) < 4.78 is 0. The molecular weight excluding hydrogens is 1690 g/mol. The molecular formula is C94H113N23O15. The summed E-state index contributed by atoms with van der Waals surface area (Å²) in [4.78, 5) is 208. The minimum atomic E-state index is -1.71. The molecule has 132 heavy (non-hydrogen) atoms. The van der Waals surface area contributed by atoms with Gasteiger partial charge in [-0.25, -0.2) is 4.79 Å². The van der Waals surface area contributed by atoms with Crippen molar-refractivity contribution in [1.82, 2.24) is 93.1 Å². The molecule has 7 heterocycles. The van der Waals surface area contributed by atoms with Crippen LogP contribution < -0.4 is 75.7 Å². The number of likely N-dealkylation sites (tertiary alicyclic amines) is 3. The number of amides is 12. The van der Waals surface area contributed by atoms with Crippen molar-refractivity contribution in [2.75, 3.05) is 45.9 Å². The number of carboxylic acid groups (broad SMARTS) is 1. The Kier molecular flexibility index (Phi) is 32.2. The quantitative estimate of drug-likeness (QED) is 0.0145. The number of aliphatic carboxylic acids is 1. The van der Waals surface area contributed by atoms with Crippen molar-refractivity contribution in [3.05, 3.63) is 216 Å². The third kappa shape index (κ3) is 24.3. The number of benzene rings is 6. The number of aliphatic hydroxyl groups excluding tert-OH is 1. The molecule has 0 unspecified atom stereocenters. The van der Waals surface area contributed by atoms with Crippen LogP contribution in [0.15, 0.2) is 183 Å². The smallest absolute Gasteiger partial charge is 0.326 e. The number of nitrogens with zero attached hydrogens (tertiary/aromatic N) is 3. The SMILES string of the molecule is N=C(N)NCCC[C@H](NC(=O)[C@H](Cc1ccccc1)NC(=O)[C@@H]1CCCN1C(=O)[C@H](CO)NC(=O)[C@H](Cc1ccccc1)NC(=O)CNC(=O)[C@@H]1CCCN1C(=O)[C@@H]1CCCN1C(=O)[C@@H](N)CCCNC(=N)N)C(=O)N[C@@H](Cc1c[nH]c2ccccc12)C(=O)N[C@@H](Cc1c[nH]c2ccccc12)C(=O)N[C@@H](Cc1c[nH]c2ccccc12)C(=O)N[C@@H](Cc1c[nH]c2ccccc12)C(=O)O. The molecule has 4 aromatic heterocycles. The number of rotatable bonds is 43. The second kappa shape index (κ2) is 44.9. The number of hydrogen-bond donors (Lipinski definition) is 22. The topological polar surface area (TPSA) is 593 Å². The predicted octanol–water partition coefficient (Wildman–Crippen LogP) is 1.27. The number of carboxylic acids is 1. The van der Waals surface area contributed by atoms with Gasteiger partial charge >= 0.3 is 5.97 Å². The maximum atomic E-state index is 15.8. The summed E-state index contributed by atoms with van der Waals surface area (Å²) in [5.74, 6) is -11.3. The van der Waals surface area contributed by atoms with Gasteiger partial charge in [-0.1, -0.05) is 133 Å². The number of carbonyl (C=O) groups excluding carboxylic acids is 12. The van der Waals surface area contributed by atoms with Crippen LogP contribution in [0.5, 0.6) is 0 Å². The van der Waals surface area contributed by atoms with Gasteiger partial charge < -0.3 is 121 Å². The maximum absolute atomic E-state index is 15.8. The Balaban J connectivity index is 0.712. The molecule has 0 spiro atoms. The Morgan fingerprint density at radius 3 is 1.14 bits per heavy atom. The average Bonchev–Trinajstić information content (AvgIpc) is 1.63. The fourth-order valence-electron chi connectivity index (χ4n) is 17.6. The van der Waals surface area contributed by atoms with Crippen molar-refractivity contribution in [2.24, 2.45) is 17.2 Å². The molecule has 0 bridgehead atoms. The zero-order chi connectivity index (χ0) is 93.5. The van der Waals surface area contributed by atoms with E-state index in [9.17, 15) is 43.8 Å². The van der Waals surface area contributed by atoms with Gasteiger partial charge in [-0.2, -0.15) is 0 Å². The van der Waals surface area contributed by atoms with E-state index in [0.29, 0.717) is 87.4 Å². The number of nitrogens with one attached hydrogen (secondary N) is 17. The molecule has 13 rings (SSSR count). The van der Waals surface area contributed by atoms with Crippen LogP contribution in [-0.4, -0.2) is 252 Å². The van der Waals surface area contributed by atoms with E-state index in [-0.39, 0.29) is 109 Å². The Morgan fingerprint density at radius 1 is 0.379 bits per heavy atom. The molecule has 25 N–H and O–H groups in total. The number of aliphatic hydroxyl groups is 1. The second-order valence-electron chi connectivity index (χ2n) is 33.6. The lowest BCUT2D eigenvalue weighted by atomic mass is 9.99. The van der Waals surface area contributed by atoms with Crippen LogP contribution in [0.2, 0.25) is 0 Å². The molecule has 3 aliphatic heterocycles. The van der Waals surface area contributed by atoms with E-state index in [1.165, 1.54) is 9.80 Å². The number of nitrogens with two attached hydrogens (primary N) is 3. The van der Waals surface area contributed by atoms with Gasteiger partial charge in [0.05, 0.1) is 19.2 Å². The van der Waals surface area contributed by atoms with Crippen molar-refractivity contribution in [3.8, 4) is 0 Å². The van der Waals surface area contributed by atoms with E-state index in [0.717, 1.165) is 26.7 Å². The molecule has 0 aliphatic carbocycles. The van der Waals surface area contributed by atoms with Gasteiger partial charge in [0.15, 0.2) is 11.9 Å². The van der Waals surface area contributed by atoms with Crippen LogP contribution in [-0.2, 0) is 101 Å². The van der Waals surface area contributed by atoms with Crippen molar-refractivity contribution < 1.29 is 72.5 Å².